The van der Waals surface area contributed by atoms with Gasteiger partial charge >= 0.3 is 0 Å². The van der Waals surface area contributed by atoms with Crippen LogP contribution in [-0.4, -0.2) is 10.1 Å². The molecule has 0 aliphatic carbocycles. The van der Waals surface area contributed by atoms with Crippen molar-refractivity contribution in [1.82, 2.24) is 4.98 Å². The number of hydrogen-bond donors (Lipinski definition) is 1. The lowest BCUT2D eigenvalue weighted by Crippen LogP contribution is -1.98. The van der Waals surface area contributed by atoms with Crippen molar-refractivity contribution in [1.29, 1.82) is 0 Å². The first kappa shape index (κ1) is 11.7. The summed E-state index contributed by atoms with van der Waals surface area (Å²) < 4.78 is 13.9. The van der Waals surface area contributed by atoms with Gasteiger partial charge in [0.1, 0.15) is 11.9 Å². The third-order valence-electron chi connectivity index (χ3n) is 2.19. The van der Waals surface area contributed by atoms with Gasteiger partial charge in [0, 0.05) is 26.0 Å². The summed E-state index contributed by atoms with van der Waals surface area (Å²) in [6, 6.07) is 3.14. The average Bonchev–Trinajstić information content (AvgIpc) is 2.58. The topological polar surface area (TPSA) is 33.1 Å². The Morgan fingerprint density at radius 2 is 2.19 bits per heavy atom. The molecule has 0 radical (unpaired) electrons. The maximum Gasteiger partial charge on any atom is 0.141 e. The lowest BCUT2D eigenvalue weighted by Gasteiger charge is -2.07. The van der Waals surface area contributed by atoms with E-state index in [9.17, 15) is 9.50 Å². The van der Waals surface area contributed by atoms with Gasteiger partial charge in [-0.3, -0.25) is 4.98 Å². The zero-order valence-corrected chi connectivity index (χ0v) is 10.8. The number of aryl methyl sites for hydroxylation is 1. The number of nitrogens with zero attached hydrogens (tertiary/aromatic N) is 1. The van der Waals surface area contributed by atoms with E-state index in [1.807, 2.05) is 13.0 Å². The first-order chi connectivity index (χ1) is 7.58. The normalized spacial score (nSPS) is 12.8. The van der Waals surface area contributed by atoms with Gasteiger partial charge in [-0.05, 0) is 35.0 Å². The second-order valence-corrected chi connectivity index (χ2v) is 5.53. The van der Waals surface area contributed by atoms with Crippen LogP contribution in [0.3, 0.4) is 0 Å². The van der Waals surface area contributed by atoms with Gasteiger partial charge in [-0.2, -0.15) is 0 Å². The van der Waals surface area contributed by atoms with E-state index < -0.39 is 11.9 Å². The van der Waals surface area contributed by atoms with Crippen LogP contribution in [0, 0.1) is 12.7 Å². The second kappa shape index (κ2) is 4.61. The van der Waals surface area contributed by atoms with Crippen LogP contribution in [0.15, 0.2) is 29.0 Å². The molecule has 0 aliphatic heterocycles. The molecule has 0 amide bonds. The monoisotopic (exact) mass is 301 g/mol. The molecule has 84 valence electrons. The molecule has 2 heterocycles. The molecule has 2 rings (SSSR count). The minimum Gasteiger partial charge on any atom is -0.383 e. The summed E-state index contributed by atoms with van der Waals surface area (Å²) in [6.45, 7) is 1.95. The minimum atomic E-state index is -0.821. The van der Waals surface area contributed by atoms with Crippen molar-refractivity contribution in [3.8, 4) is 0 Å². The second-order valence-electron chi connectivity index (χ2n) is 3.39. The summed E-state index contributed by atoms with van der Waals surface area (Å²) in [7, 11) is 0. The van der Waals surface area contributed by atoms with E-state index in [-0.39, 0.29) is 0 Å². The Labute approximate surface area is 105 Å². The van der Waals surface area contributed by atoms with Crippen LogP contribution >= 0.6 is 27.3 Å². The highest BCUT2D eigenvalue weighted by Gasteiger charge is 2.15. The highest BCUT2D eigenvalue weighted by molar-refractivity contribution is 9.10. The third kappa shape index (κ3) is 2.31. The fourth-order valence-corrected chi connectivity index (χ4v) is 2.93. The fraction of sp³-hybridized carbons (Fsp3) is 0.182. The zero-order valence-electron chi connectivity index (χ0n) is 8.45. The molecule has 2 aromatic heterocycles. The quantitative estimate of drug-likeness (QED) is 0.922. The van der Waals surface area contributed by atoms with Crippen LogP contribution in [0.1, 0.15) is 21.4 Å². The SMILES string of the molecule is Cc1sc(C(O)c2cncc(F)c2)cc1Br. The summed E-state index contributed by atoms with van der Waals surface area (Å²) in [5.41, 5.74) is 0.466. The Kier molecular flexibility index (Phi) is 3.37. The van der Waals surface area contributed by atoms with E-state index >= 15 is 0 Å². The molecular weight excluding hydrogens is 293 g/mol. The number of aliphatic hydroxyl groups is 1. The summed E-state index contributed by atoms with van der Waals surface area (Å²) in [5.74, 6) is -0.441. The van der Waals surface area contributed by atoms with Gasteiger partial charge in [0.2, 0.25) is 0 Å². The molecule has 5 heteroatoms. The van der Waals surface area contributed by atoms with Crippen molar-refractivity contribution in [3.05, 3.63) is 50.1 Å². The predicted molar refractivity (Wildman–Crippen MR) is 65.0 cm³/mol. The molecule has 2 nitrogen and oxygen atoms in total. The van der Waals surface area contributed by atoms with E-state index in [0.29, 0.717) is 5.56 Å². The van der Waals surface area contributed by atoms with Crippen LogP contribution in [-0.2, 0) is 0 Å². The number of aliphatic hydroxyl groups excluding tert-OH is 1. The summed E-state index contributed by atoms with van der Waals surface area (Å²) >= 11 is 4.86. The number of halogens is 2. The Morgan fingerprint density at radius 1 is 1.44 bits per heavy atom. The summed E-state index contributed by atoms with van der Waals surface area (Å²) in [6.07, 6.45) is 1.76. The maximum absolute atomic E-state index is 12.9. The lowest BCUT2D eigenvalue weighted by molar-refractivity contribution is 0.223. The fourth-order valence-electron chi connectivity index (χ4n) is 1.36. The standard InChI is InChI=1S/C11H9BrFNOS/c1-6-9(12)3-10(16-6)11(15)7-2-8(13)5-14-4-7/h2-5,11,15H,1H3. The van der Waals surface area contributed by atoms with Crippen LogP contribution in [0.25, 0.3) is 0 Å². The first-order valence-electron chi connectivity index (χ1n) is 4.62. The maximum atomic E-state index is 12.9. The summed E-state index contributed by atoms with van der Waals surface area (Å²) in [4.78, 5) is 5.57. The molecule has 0 saturated heterocycles. The first-order valence-corrected chi connectivity index (χ1v) is 6.23. The van der Waals surface area contributed by atoms with Gasteiger partial charge in [-0.25, -0.2) is 4.39 Å². The van der Waals surface area contributed by atoms with Gasteiger partial charge in [-0.1, -0.05) is 0 Å². The van der Waals surface area contributed by atoms with Gasteiger partial charge in [0.15, 0.2) is 0 Å². The minimum absolute atomic E-state index is 0.441. The Balaban J connectivity index is 2.35. The Morgan fingerprint density at radius 3 is 2.75 bits per heavy atom. The molecule has 1 N–H and O–H groups in total. The molecule has 0 spiro atoms. The molecule has 16 heavy (non-hydrogen) atoms. The van der Waals surface area contributed by atoms with Crippen molar-refractivity contribution in [2.24, 2.45) is 0 Å². The van der Waals surface area contributed by atoms with E-state index in [2.05, 4.69) is 20.9 Å². The van der Waals surface area contributed by atoms with E-state index in [1.54, 1.807) is 0 Å². The van der Waals surface area contributed by atoms with Gasteiger partial charge in [0.05, 0.1) is 6.20 Å². The molecule has 0 fully saturated rings. The van der Waals surface area contributed by atoms with Crippen LogP contribution in [0.5, 0.6) is 0 Å². The molecule has 0 aliphatic rings. The molecule has 2 aromatic rings. The van der Waals surface area contributed by atoms with Crippen molar-refractivity contribution >= 4 is 27.3 Å². The lowest BCUT2D eigenvalue weighted by atomic mass is 10.1. The average molecular weight is 302 g/mol. The summed E-state index contributed by atoms with van der Waals surface area (Å²) in [5, 5.41) is 10.0. The number of pyridine rings is 1. The highest BCUT2D eigenvalue weighted by Crippen LogP contribution is 2.33. The third-order valence-corrected chi connectivity index (χ3v) is 4.38. The van der Waals surface area contributed by atoms with E-state index in [4.69, 9.17) is 0 Å². The smallest absolute Gasteiger partial charge is 0.141 e. The Bertz CT molecular complexity index is 495. The van der Waals surface area contributed by atoms with Gasteiger partial charge < -0.3 is 5.11 Å². The molecule has 0 aromatic carbocycles. The molecule has 1 unspecified atom stereocenters. The number of thiophene rings is 1. The van der Waals surface area contributed by atoms with Gasteiger partial charge in [0.25, 0.3) is 0 Å². The van der Waals surface area contributed by atoms with E-state index in [0.717, 1.165) is 20.4 Å². The number of aromatic nitrogens is 1. The largest absolute Gasteiger partial charge is 0.383 e. The molecular formula is C11H9BrFNOS. The van der Waals surface area contributed by atoms with Crippen LogP contribution < -0.4 is 0 Å². The van der Waals surface area contributed by atoms with E-state index in [1.165, 1.54) is 23.6 Å². The molecule has 0 saturated carbocycles. The zero-order chi connectivity index (χ0) is 11.7. The van der Waals surface area contributed by atoms with Crippen LogP contribution in [0.4, 0.5) is 4.39 Å². The van der Waals surface area contributed by atoms with Gasteiger partial charge in [-0.15, -0.1) is 11.3 Å². The number of hydrogen-bond acceptors (Lipinski definition) is 3. The van der Waals surface area contributed by atoms with Crippen molar-refractivity contribution in [2.75, 3.05) is 0 Å². The number of rotatable bonds is 2. The van der Waals surface area contributed by atoms with Crippen molar-refractivity contribution in [3.63, 3.8) is 0 Å². The van der Waals surface area contributed by atoms with Crippen molar-refractivity contribution in [2.45, 2.75) is 13.0 Å². The Hall–Kier alpha value is -0.780. The van der Waals surface area contributed by atoms with Crippen LogP contribution in [0.2, 0.25) is 0 Å². The molecule has 0 bridgehead atoms. The van der Waals surface area contributed by atoms with Crippen molar-refractivity contribution < 1.29 is 9.50 Å². The predicted octanol–water partition coefficient (Wildman–Crippen LogP) is 3.43. The molecule has 1 atom stereocenters. The highest BCUT2D eigenvalue weighted by atomic mass is 79.9.